The lowest BCUT2D eigenvalue weighted by atomic mass is 9.96. The van der Waals surface area contributed by atoms with Crippen LogP contribution in [0.25, 0.3) is 0 Å². The third-order valence-electron chi connectivity index (χ3n) is 11.6. The van der Waals surface area contributed by atoms with Crippen LogP contribution in [0.1, 0.15) is 13.8 Å². The molecule has 32 heteroatoms. The van der Waals surface area contributed by atoms with Gasteiger partial charge in [-0.15, -0.1) is 0 Å². The van der Waals surface area contributed by atoms with E-state index in [-0.39, 0.29) is 13.2 Å². The van der Waals surface area contributed by atoms with Gasteiger partial charge in [0.1, 0.15) is 97.7 Å². The van der Waals surface area contributed by atoms with Crippen LogP contribution in [0.4, 0.5) is 0 Å². The van der Waals surface area contributed by atoms with Gasteiger partial charge in [0.25, 0.3) is 11.8 Å². The number of carbonyl (C=O) groups is 4. The molecule has 22 atom stereocenters. The highest BCUT2D eigenvalue weighted by Crippen LogP contribution is 2.35. The minimum Gasteiger partial charge on any atom is -0.461 e. The Kier molecular flexibility index (Phi) is 17.6. The first-order valence-electron chi connectivity index (χ1n) is 21.0. The zero-order valence-corrected chi connectivity index (χ0v) is 35.8. The number of rotatable bonds is 16. The second-order valence-electron chi connectivity index (χ2n) is 15.9. The highest BCUT2D eigenvalue weighted by Gasteiger charge is 2.57. The number of carbonyl (C=O) groups excluding carboxylic acids is 4. The average molecular weight is 987 g/mol. The van der Waals surface area contributed by atoms with E-state index in [1.54, 1.807) is 0 Å². The van der Waals surface area contributed by atoms with Crippen molar-refractivity contribution < 1.29 is 129 Å². The van der Waals surface area contributed by atoms with Gasteiger partial charge in [-0.3, -0.25) is 9.59 Å². The molecule has 6 aliphatic heterocycles. The van der Waals surface area contributed by atoms with E-state index in [1.807, 2.05) is 0 Å². The van der Waals surface area contributed by atoms with Crippen molar-refractivity contribution in [2.45, 2.75) is 149 Å². The number of esters is 2. The van der Waals surface area contributed by atoms with Crippen molar-refractivity contribution in [3.8, 4) is 0 Å². The molecule has 0 bridgehead atoms. The predicted octanol–water partition coefficient (Wildman–Crippen LogP) is -11.1. The number of nitrogens with zero attached hydrogens (tertiary/aromatic N) is 6. The van der Waals surface area contributed by atoms with Gasteiger partial charge in [0, 0.05) is 0 Å². The van der Waals surface area contributed by atoms with Gasteiger partial charge in [-0.05, 0) is 13.8 Å². The van der Waals surface area contributed by atoms with E-state index >= 15 is 0 Å². The summed E-state index contributed by atoms with van der Waals surface area (Å²) >= 11 is 0. The minimum absolute atomic E-state index is 0.296. The predicted molar refractivity (Wildman–Crippen MR) is 207 cm³/mol. The van der Waals surface area contributed by atoms with E-state index in [4.69, 9.17) is 37.9 Å². The summed E-state index contributed by atoms with van der Waals surface area (Å²) in [5.74, 6) is -5.30. The monoisotopic (exact) mass is 986 g/mol. The summed E-state index contributed by atoms with van der Waals surface area (Å²) in [6, 6.07) is -4.33. The topological polar surface area (TPSA) is 481 Å². The van der Waals surface area contributed by atoms with Crippen LogP contribution in [0, 0.1) is 0 Å². The molecule has 6 rings (SSSR count). The van der Waals surface area contributed by atoms with Gasteiger partial charge < -0.3 is 109 Å². The van der Waals surface area contributed by atoms with Crippen molar-refractivity contribution in [2.24, 2.45) is 20.4 Å². The van der Waals surface area contributed by atoms with Gasteiger partial charge >= 0.3 is 11.9 Å². The first-order valence-corrected chi connectivity index (χ1v) is 21.0. The van der Waals surface area contributed by atoms with E-state index in [9.17, 15) is 90.7 Å². The SMILES string of the molecule is CCOC(=O)C1=NN(C2O[C@H](CO)[C@@H](OC3O[C@H](CO)[C@H](O)[C@H](O)[C@H]3O)[C@H](O)[C@H]2O)C(=O)C1N=NC1C(=O)N(C2O[C@H](CO)[C@@H](OC3O[C@H](CO)[C@H](O)[C@H](O)[C@H]3O)[C@H](O)[C@H]2O)N=C1C(=O)OCC. The molecule has 0 aromatic carbocycles. The zero-order chi connectivity index (χ0) is 50.0. The summed E-state index contributed by atoms with van der Waals surface area (Å²) in [6.45, 7) is -1.60. The second-order valence-corrected chi connectivity index (χ2v) is 15.9. The first kappa shape index (κ1) is 53.4. The van der Waals surface area contributed by atoms with Crippen LogP contribution in [0.5, 0.6) is 0 Å². The number of aliphatic hydroxyl groups is 14. The lowest BCUT2D eigenvalue weighted by Crippen LogP contribution is -2.66. The Morgan fingerprint density at radius 1 is 0.500 bits per heavy atom. The number of azo groups is 1. The Hall–Kier alpha value is -3.98. The molecule has 384 valence electrons. The summed E-state index contributed by atoms with van der Waals surface area (Å²) in [5.41, 5.74) is -1.71. The lowest BCUT2D eigenvalue weighted by Gasteiger charge is -2.46. The fourth-order valence-corrected chi connectivity index (χ4v) is 7.89. The van der Waals surface area contributed by atoms with Gasteiger partial charge in [-0.2, -0.15) is 30.4 Å². The molecule has 68 heavy (non-hydrogen) atoms. The van der Waals surface area contributed by atoms with E-state index in [0.717, 1.165) is 0 Å². The molecule has 0 spiro atoms. The van der Waals surface area contributed by atoms with Crippen molar-refractivity contribution in [3.63, 3.8) is 0 Å². The van der Waals surface area contributed by atoms with Crippen molar-refractivity contribution in [1.29, 1.82) is 0 Å². The van der Waals surface area contributed by atoms with Crippen molar-refractivity contribution in [1.82, 2.24) is 10.0 Å². The number of hydrogen-bond acceptors (Lipinski definition) is 30. The van der Waals surface area contributed by atoms with Crippen LogP contribution in [-0.2, 0) is 57.1 Å². The Balaban J connectivity index is 1.22. The fourth-order valence-electron chi connectivity index (χ4n) is 7.89. The molecule has 0 aliphatic carbocycles. The van der Waals surface area contributed by atoms with Crippen molar-refractivity contribution in [3.05, 3.63) is 0 Å². The summed E-state index contributed by atoms with van der Waals surface area (Å²) in [4.78, 5) is 54.4. The molecule has 6 unspecified atom stereocenters. The standard InChI is InChI=1S/C36H54N6O26/c1-3-61-33(59)15-13(29(57)41(39-15)31-23(53)21(51)27(11(7-45)63-31)67-35-25(55)19(49)17(47)9(5-43)65-35)37-38-14-16(34(60)62-4-2)40-42(30(14)58)32-24(54)22(52)28(12(8-46)64-32)68-36-26(56)20(50)18(48)10(6-44)66-36/h9-14,17-28,31-32,35-36,43-56H,3-8H2,1-2H3/t9-,10-,11-,12-,13?,14?,17+,18+,19+,20+,21-,22-,23-,24-,25-,26-,27-,28-,31?,32?,35?,36?/m1/s1. The smallest absolute Gasteiger partial charge is 0.357 e. The fraction of sp³-hybridized carbons (Fsp3) is 0.833. The van der Waals surface area contributed by atoms with Gasteiger partial charge in [0.05, 0.1) is 39.6 Å². The molecule has 32 nitrogen and oxygen atoms in total. The van der Waals surface area contributed by atoms with E-state index in [2.05, 4.69) is 20.4 Å². The van der Waals surface area contributed by atoms with Crippen molar-refractivity contribution in [2.75, 3.05) is 39.6 Å². The molecule has 0 radical (unpaired) electrons. The Morgan fingerprint density at radius 3 is 1.15 bits per heavy atom. The number of aliphatic hydroxyl groups excluding tert-OH is 14. The maximum absolute atomic E-state index is 14.0. The third-order valence-corrected chi connectivity index (χ3v) is 11.6. The molecule has 2 amide bonds. The molecule has 0 aromatic rings. The van der Waals surface area contributed by atoms with Gasteiger partial charge in [-0.25, -0.2) is 9.59 Å². The molecular formula is C36H54N6O26. The molecule has 6 heterocycles. The Labute approximate surface area is 382 Å². The molecule has 4 saturated heterocycles. The summed E-state index contributed by atoms with van der Waals surface area (Å²) < 4.78 is 43.0. The lowest BCUT2D eigenvalue weighted by molar-refractivity contribution is -0.347. The van der Waals surface area contributed by atoms with Crippen LogP contribution in [0.2, 0.25) is 0 Å². The van der Waals surface area contributed by atoms with Gasteiger partial charge in [0.15, 0.2) is 36.5 Å². The van der Waals surface area contributed by atoms with Crippen molar-refractivity contribution >= 4 is 35.2 Å². The van der Waals surface area contributed by atoms with Crippen LogP contribution in [0.3, 0.4) is 0 Å². The van der Waals surface area contributed by atoms with Gasteiger partial charge in [-0.1, -0.05) is 0 Å². The Morgan fingerprint density at radius 2 is 0.838 bits per heavy atom. The average Bonchev–Trinajstić information content (AvgIpc) is 3.83. The van der Waals surface area contributed by atoms with E-state index < -0.39 is 196 Å². The van der Waals surface area contributed by atoms with Gasteiger partial charge in [0.2, 0.25) is 12.1 Å². The summed E-state index contributed by atoms with van der Waals surface area (Å²) in [5, 5.41) is 162. The van der Waals surface area contributed by atoms with E-state index in [0.29, 0.717) is 10.0 Å². The largest absolute Gasteiger partial charge is 0.461 e. The summed E-state index contributed by atoms with van der Waals surface area (Å²) in [7, 11) is 0. The molecule has 0 saturated carbocycles. The minimum atomic E-state index is -2.23. The van der Waals surface area contributed by atoms with Crippen LogP contribution >= 0.6 is 0 Å². The number of amides is 2. The molecular weight excluding hydrogens is 932 g/mol. The van der Waals surface area contributed by atoms with Crippen LogP contribution in [-0.4, -0.2) is 291 Å². The number of hydrazone groups is 2. The highest BCUT2D eigenvalue weighted by atomic mass is 16.7. The maximum atomic E-state index is 14.0. The Bertz CT molecular complexity index is 1760. The molecule has 14 N–H and O–H groups in total. The quantitative estimate of drug-likeness (QED) is 0.0504. The molecule has 4 fully saturated rings. The second kappa shape index (κ2) is 22.4. The maximum Gasteiger partial charge on any atom is 0.357 e. The zero-order valence-electron chi connectivity index (χ0n) is 35.8. The molecule has 0 aromatic heterocycles. The third kappa shape index (κ3) is 10.1. The normalized spacial score (nSPS) is 43.5. The number of hydrogen-bond donors (Lipinski definition) is 14. The first-order chi connectivity index (χ1) is 32.3. The van der Waals surface area contributed by atoms with Crippen LogP contribution < -0.4 is 0 Å². The van der Waals surface area contributed by atoms with E-state index in [1.165, 1.54) is 13.8 Å². The highest BCUT2D eigenvalue weighted by molar-refractivity contribution is 6.45. The molecule has 6 aliphatic rings. The number of ether oxygens (including phenoxy) is 8. The van der Waals surface area contributed by atoms with Crippen LogP contribution in [0.15, 0.2) is 20.4 Å². The summed E-state index contributed by atoms with van der Waals surface area (Å²) in [6.07, 6.45) is -38.0.